The number of alkyl halides is 3. The highest BCUT2D eigenvalue weighted by atomic mass is 19.4. The van der Waals surface area contributed by atoms with E-state index in [9.17, 15) is 18.0 Å². The number of rotatable bonds is 4. The van der Waals surface area contributed by atoms with Crippen LogP contribution in [0, 0.1) is 0 Å². The third kappa shape index (κ3) is 2.54. The lowest BCUT2D eigenvalue weighted by Gasteiger charge is -2.12. The van der Waals surface area contributed by atoms with E-state index in [0.717, 1.165) is 16.8 Å². The van der Waals surface area contributed by atoms with Gasteiger partial charge in [-0.2, -0.15) is 13.2 Å². The minimum absolute atomic E-state index is 0.0430. The fourth-order valence-corrected chi connectivity index (χ4v) is 1.34. The van der Waals surface area contributed by atoms with Crippen LogP contribution >= 0.6 is 0 Å². The number of halogens is 3. The fraction of sp³-hybridized carbons (Fsp3) is 0.444. The van der Waals surface area contributed by atoms with Crippen LogP contribution in [0.5, 0.6) is 0 Å². The lowest BCUT2D eigenvalue weighted by molar-refractivity contribution is -0.144. The van der Waals surface area contributed by atoms with Crippen molar-refractivity contribution in [2.75, 3.05) is 13.7 Å². The Morgan fingerprint density at radius 2 is 2.19 bits per heavy atom. The highest BCUT2D eigenvalue weighted by Crippen LogP contribution is 2.32. The molecule has 1 rings (SSSR count). The second kappa shape index (κ2) is 4.56. The van der Waals surface area contributed by atoms with Crippen LogP contribution in [0.1, 0.15) is 16.1 Å². The molecular weight excluding hydrogens is 227 g/mol. The van der Waals surface area contributed by atoms with Crippen LogP contribution in [0.15, 0.2) is 12.3 Å². The zero-order valence-corrected chi connectivity index (χ0v) is 8.41. The molecule has 90 valence electrons. The van der Waals surface area contributed by atoms with Gasteiger partial charge in [0, 0.05) is 19.9 Å². The number of carboxylic acid groups (broad SMARTS) is 1. The van der Waals surface area contributed by atoms with Crippen molar-refractivity contribution < 1.29 is 27.8 Å². The van der Waals surface area contributed by atoms with Crippen molar-refractivity contribution in [3.63, 3.8) is 0 Å². The maximum absolute atomic E-state index is 12.6. The Kier molecular flexibility index (Phi) is 3.58. The van der Waals surface area contributed by atoms with Gasteiger partial charge in [0.1, 0.15) is 5.69 Å². The summed E-state index contributed by atoms with van der Waals surface area (Å²) in [6.07, 6.45) is -3.60. The normalized spacial score (nSPS) is 11.8. The molecule has 0 atom stereocenters. The molecule has 0 saturated heterocycles. The molecule has 0 bridgehead atoms. The summed E-state index contributed by atoms with van der Waals surface area (Å²) in [5, 5.41) is 8.62. The molecule has 0 amide bonds. The number of aromatic nitrogens is 1. The number of aromatic carboxylic acids is 1. The summed E-state index contributed by atoms with van der Waals surface area (Å²) >= 11 is 0. The summed E-state index contributed by atoms with van der Waals surface area (Å²) in [4.78, 5) is 10.6. The minimum Gasteiger partial charge on any atom is -0.478 e. The Bertz CT molecular complexity index is 384. The van der Waals surface area contributed by atoms with Gasteiger partial charge in [0.15, 0.2) is 0 Å². The standard InChI is InChI=1S/C9H10F3NO3/c1-16-5-4-13-3-2-6(8(14)15)7(13)9(10,11)12/h2-3H,4-5H2,1H3,(H,14,15). The summed E-state index contributed by atoms with van der Waals surface area (Å²) in [6, 6.07) is 0.931. The van der Waals surface area contributed by atoms with Gasteiger partial charge in [-0.1, -0.05) is 0 Å². The second-order valence-electron chi connectivity index (χ2n) is 3.07. The molecule has 1 aromatic rings. The first kappa shape index (κ1) is 12.6. The van der Waals surface area contributed by atoms with Gasteiger partial charge in [-0.05, 0) is 6.07 Å². The third-order valence-corrected chi connectivity index (χ3v) is 2.00. The molecule has 0 unspecified atom stereocenters. The SMILES string of the molecule is COCCn1ccc(C(=O)O)c1C(F)(F)F. The minimum atomic E-state index is -4.69. The van der Waals surface area contributed by atoms with E-state index >= 15 is 0 Å². The van der Waals surface area contributed by atoms with Crippen LogP contribution in [0.2, 0.25) is 0 Å². The van der Waals surface area contributed by atoms with Gasteiger partial charge in [-0.15, -0.1) is 0 Å². The van der Waals surface area contributed by atoms with Crippen molar-refractivity contribution in [2.24, 2.45) is 0 Å². The van der Waals surface area contributed by atoms with E-state index in [1.165, 1.54) is 7.11 Å². The maximum atomic E-state index is 12.6. The number of carbonyl (C=O) groups is 1. The van der Waals surface area contributed by atoms with Crippen molar-refractivity contribution >= 4 is 5.97 Å². The van der Waals surface area contributed by atoms with E-state index in [1.807, 2.05) is 0 Å². The van der Waals surface area contributed by atoms with Gasteiger partial charge in [0.05, 0.1) is 12.2 Å². The molecule has 0 spiro atoms. The molecular formula is C9H10F3NO3. The lowest BCUT2D eigenvalue weighted by Crippen LogP contribution is -2.18. The maximum Gasteiger partial charge on any atom is 0.432 e. The number of ether oxygens (including phenoxy) is 1. The van der Waals surface area contributed by atoms with Crippen molar-refractivity contribution in [2.45, 2.75) is 12.7 Å². The van der Waals surface area contributed by atoms with E-state index in [1.54, 1.807) is 0 Å². The molecule has 4 nitrogen and oxygen atoms in total. The molecule has 1 N–H and O–H groups in total. The van der Waals surface area contributed by atoms with Crippen LogP contribution in [0.25, 0.3) is 0 Å². The quantitative estimate of drug-likeness (QED) is 0.869. The average molecular weight is 237 g/mol. The van der Waals surface area contributed by atoms with Crippen LogP contribution in [-0.4, -0.2) is 29.4 Å². The molecule has 0 aliphatic rings. The van der Waals surface area contributed by atoms with Crippen molar-refractivity contribution in [3.8, 4) is 0 Å². The molecule has 0 aliphatic heterocycles. The molecule has 16 heavy (non-hydrogen) atoms. The number of hydrogen-bond donors (Lipinski definition) is 1. The predicted molar refractivity (Wildman–Crippen MR) is 48.3 cm³/mol. The van der Waals surface area contributed by atoms with Gasteiger partial charge in [0.2, 0.25) is 0 Å². The Labute approximate surface area is 89.2 Å². The first-order valence-electron chi connectivity index (χ1n) is 4.36. The van der Waals surface area contributed by atoms with E-state index in [2.05, 4.69) is 4.74 Å². The Morgan fingerprint density at radius 1 is 1.56 bits per heavy atom. The monoisotopic (exact) mass is 237 g/mol. The second-order valence-corrected chi connectivity index (χ2v) is 3.07. The number of carboxylic acids is 1. The molecule has 0 aromatic carbocycles. The summed E-state index contributed by atoms with van der Waals surface area (Å²) in [7, 11) is 1.36. The number of hydrogen-bond acceptors (Lipinski definition) is 2. The third-order valence-electron chi connectivity index (χ3n) is 2.00. The largest absolute Gasteiger partial charge is 0.478 e. The van der Waals surface area contributed by atoms with E-state index in [4.69, 9.17) is 5.11 Å². The topological polar surface area (TPSA) is 51.5 Å². The van der Waals surface area contributed by atoms with Gasteiger partial charge in [-0.3, -0.25) is 0 Å². The fourth-order valence-electron chi connectivity index (χ4n) is 1.34. The Balaban J connectivity index is 3.15. The van der Waals surface area contributed by atoms with E-state index in [-0.39, 0.29) is 13.2 Å². The Hall–Kier alpha value is -1.50. The average Bonchev–Trinajstić information content (AvgIpc) is 2.57. The number of methoxy groups -OCH3 is 1. The molecule has 0 radical (unpaired) electrons. The summed E-state index contributed by atoms with van der Waals surface area (Å²) < 4.78 is 43.3. The van der Waals surface area contributed by atoms with Gasteiger partial charge < -0.3 is 14.4 Å². The van der Waals surface area contributed by atoms with Crippen molar-refractivity contribution in [1.29, 1.82) is 0 Å². The first-order chi connectivity index (χ1) is 7.38. The summed E-state index contributed by atoms with van der Waals surface area (Å²) in [5.41, 5.74) is -1.90. The van der Waals surface area contributed by atoms with Gasteiger partial charge >= 0.3 is 12.1 Å². The first-order valence-corrected chi connectivity index (χ1v) is 4.36. The van der Waals surface area contributed by atoms with Crippen molar-refractivity contribution in [3.05, 3.63) is 23.5 Å². The molecule has 1 aromatic heterocycles. The molecule has 1 heterocycles. The molecule has 0 fully saturated rings. The highest BCUT2D eigenvalue weighted by Gasteiger charge is 2.38. The van der Waals surface area contributed by atoms with Crippen molar-refractivity contribution in [1.82, 2.24) is 4.57 Å². The van der Waals surface area contributed by atoms with Crippen LogP contribution in [-0.2, 0) is 17.5 Å². The van der Waals surface area contributed by atoms with Crippen LogP contribution < -0.4 is 0 Å². The van der Waals surface area contributed by atoms with Gasteiger partial charge in [-0.25, -0.2) is 4.79 Å². The smallest absolute Gasteiger partial charge is 0.432 e. The Morgan fingerprint density at radius 3 is 2.62 bits per heavy atom. The zero-order valence-electron chi connectivity index (χ0n) is 8.41. The highest BCUT2D eigenvalue weighted by molar-refractivity contribution is 5.89. The van der Waals surface area contributed by atoms with Crippen LogP contribution in [0.3, 0.4) is 0 Å². The van der Waals surface area contributed by atoms with E-state index in [0.29, 0.717) is 0 Å². The molecule has 0 saturated carbocycles. The summed E-state index contributed by atoms with van der Waals surface area (Å²) in [5.74, 6) is -1.59. The lowest BCUT2D eigenvalue weighted by atomic mass is 10.2. The van der Waals surface area contributed by atoms with E-state index < -0.39 is 23.4 Å². The predicted octanol–water partition coefficient (Wildman–Crippen LogP) is 1.85. The molecule has 0 aliphatic carbocycles. The number of nitrogens with zero attached hydrogens (tertiary/aromatic N) is 1. The zero-order chi connectivity index (χ0) is 12.3. The van der Waals surface area contributed by atoms with Gasteiger partial charge in [0.25, 0.3) is 0 Å². The van der Waals surface area contributed by atoms with Crippen LogP contribution in [0.4, 0.5) is 13.2 Å². The molecule has 7 heteroatoms. The summed E-state index contributed by atoms with van der Waals surface area (Å²) in [6.45, 7) is 0.0371.